The Kier molecular flexibility index (Phi) is 17.2. The highest BCUT2D eigenvalue weighted by Gasteiger charge is 2.44. The molecule has 4 aromatic carbocycles. The Morgan fingerprint density at radius 1 is 0.904 bits per heavy atom. The zero-order valence-corrected chi connectivity index (χ0v) is 43.1. The zero-order valence-electron chi connectivity index (χ0n) is 42.3. The zero-order chi connectivity index (χ0) is 52.5. The number of nitrogens with zero attached hydrogens (tertiary/aromatic N) is 5. The number of nitriles is 1. The second-order valence-electron chi connectivity index (χ2n) is 19.8. The average molecular weight is 1010 g/mol. The van der Waals surface area contributed by atoms with E-state index in [1.165, 1.54) is 15.8 Å². The number of amides is 4. The van der Waals surface area contributed by atoms with E-state index in [-0.39, 0.29) is 76.3 Å². The number of carbonyl (C=O) groups is 4. The molecule has 0 spiro atoms. The minimum absolute atomic E-state index is 0.0248. The van der Waals surface area contributed by atoms with Gasteiger partial charge in [0, 0.05) is 48.6 Å². The fourth-order valence-electron chi connectivity index (χ4n) is 8.37. The van der Waals surface area contributed by atoms with Crippen molar-refractivity contribution in [3.8, 4) is 16.5 Å². The van der Waals surface area contributed by atoms with Gasteiger partial charge in [-0.2, -0.15) is 5.26 Å². The van der Waals surface area contributed by atoms with Crippen LogP contribution in [-0.4, -0.2) is 99.3 Å². The molecule has 0 radical (unpaired) electrons. The van der Waals surface area contributed by atoms with Crippen molar-refractivity contribution in [3.63, 3.8) is 0 Å². The van der Waals surface area contributed by atoms with Crippen molar-refractivity contribution in [3.05, 3.63) is 135 Å². The second-order valence-corrected chi connectivity index (χ2v) is 20.7. The molecule has 0 saturated carbocycles. The maximum Gasteiger partial charge on any atom is 0.261 e. The third-order valence-electron chi connectivity index (χ3n) is 12.8. The largest absolute Gasteiger partial charge is 0.391 e. The first kappa shape index (κ1) is 53.5. The monoisotopic (exact) mass is 1010 g/mol. The maximum atomic E-state index is 14.0. The molecule has 7 rings (SSSR count). The van der Waals surface area contributed by atoms with Gasteiger partial charge in [-0.05, 0) is 97.8 Å². The number of benzene rings is 4. The Labute approximate surface area is 429 Å². The number of thiazole rings is 1. The average Bonchev–Trinajstić information content (AvgIpc) is 3.99. The lowest BCUT2D eigenvalue weighted by molar-refractivity contribution is -0.144. The van der Waals surface area contributed by atoms with Crippen LogP contribution >= 0.6 is 11.3 Å². The molecule has 1 fully saturated rings. The van der Waals surface area contributed by atoms with Gasteiger partial charge in [0.15, 0.2) is 0 Å². The molecule has 0 bridgehead atoms. The van der Waals surface area contributed by atoms with E-state index >= 15 is 0 Å². The van der Waals surface area contributed by atoms with Gasteiger partial charge in [-0.1, -0.05) is 63.2 Å². The Balaban J connectivity index is 0.844. The van der Waals surface area contributed by atoms with Crippen molar-refractivity contribution >= 4 is 62.9 Å². The van der Waals surface area contributed by atoms with Crippen molar-refractivity contribution in [1.29, 1.82) is 5.26 Å². The molecule has 3 heterocycles. The number of hydrogen-bond donors (Lipinski definition) is 5. The highest BCUT2D eigenvalue weighted by Crippen LogP contribution is 2.30. The molecule has 18 heteroatoms. The molecule has 0 aliphatic carbocycles. The van der Waals surface area contributed by atoms with E-state index < -0.39 is 40.8 Å². The summed E-state index contributed by atoms with van der Waals surface area (Å²) in [5, 5.41) is 32.6. The van der Waals surface area contributed by atoms with Crippen LogP contribution in [-0.2, 0) is 42.4 Å². The van der Waals surface area contributed by atoms with Crippen molar-refractivity contribution < 1.29 is 33.8 Å². The SMILES string of the molecule is Cc1ccc(NC(=O)c2cccc(C(C)(C)C#N)c2)cc1Nc1ccc2ncn(CCOCCOCCC(=O)NC(C(=O)N3CC(O)CC3C(=O)NCc3ccc(-c4scnc4C)cc3)C(C)(C)C)c(=O)c2c1. The number of fused-ring (bicyclic) bond motifs is 1. The van der Waals surface area contributed by atoms with E-state index in [1.54, 1.807) is 61.0 Å². The molecule has 73 heavy (non-hydrogen) atoms. The molecule has 1 saturated heterocycles. The maximum absolute atomic E-state index is 14.0. The highest BCUT2D eigenvalue weighted by molar-refractivity contribution is 7.13. The fraction of sp³-hybridized carbons (Fsp3) is 0.382. The molecule has 4 amide bonds. The Hall–Kier alpha value is -7.30. The van der Waals surface area contributed by atoms with E-state index in [9.17, 15) is 34.3 Å². The quantitative estimate of drug-likeness (QED) is 0.0480. The first-order valence-electron chi connectivity index (χ1n) is 24.2. The summed E-state index contributed by atoms with van der Waals surface area (Å²) in [6.45, 7) is 14.1. The van der Waals surface area contributed by atoms with Gasteiger partial charge in [-0.15, -0.1) is 11.3 Å². The number of aliphatic hydroxyl groups is 1. The summed E-state index contributed by atoms with van der Waals surface area (Å²) >= 11 is 1.56. The summed E-state index contributed by atoms with van der Waals surface area (Å²) in [6.07, 6.45) is 0.651. The van der Waals surface area contributed by atoms with Crippen LogP contribution in [0.25, 0.3) is 21.3 Å². The summed E-state index contributed by atoms with van der Waals surface area (Å²) in [5.74, 6) is -1.54. The molecule has 1 aliphatic heterocycles. The first-order chi connectivity index (χ1) is 34.8. The van der Waals surface area contributed by atoms with E-state index in [2.05, 4.69) is 37.3 Å². The molecule has 6 aromatic rings. The van der Waals surface area contributed by atoms with Crippen molar-refractivity contribution in [2.75, 3.05) is 43.6 Å². The number of ether oxygens (including phenoxy) is 2. The Bertz CT molecular complexity index is 3070. The molecule has 5 N–H and O–H groups in total. The molecular formula is C55H63N9O8S. The number of aromatic nitrogens is 3. The Morgan fingerprint density at radius 2 is 1.64 bits per heavy atom. The van der Waals surface area contributed by atoms with Gasteiger partial charge in [0.1, 0.15) is 12.1 Å². The number of aryl methyl sites for hydroxylation is 2. The predicted molar refractivity (Wildman–Crippen MR) is 281 cm³/mol. The van der Waals surface area contributed by atoms with Crippen LogP contribution in [0.2, 0.25) is 0 Å². The molecule has 3 unspecified atom stereocenters. The smallest absolute Gasteiger partial charge is 0.261 e. The number of anilines is 3. The van der Waals surface area contributed by atoms with Gasteiger partial charge < -0.3 is 40.7 Å². The predicted octanol–water partition coefficient (Wildman–Crippen LogP) is 7.17. The van der Waals surface area contributed by atoms with Gasteiger partial charge >= 0.3 is 0 Å². The minimum atomic E-state index is -0.967. The van der Waals surface area contributed by atoms with Crippen LogP contribution in [0.5, 0.6) is 0 Å². The lowest BCUT2D eigenvalue weighted by Crippen LogP contribution is -2.57. The Morgan fingerprint density at radius 3 is 2.36 bits per heavy atom. The van der Waals surface area contributed by atoms with Gasteiger partial charge in [-0.3, -0.25) is 28.5 Å². The van der Waals surface area contributed by atoms with Crippen LogP contribution < -0.4 is 26.8 Å². The third-order valence-corrected chi connectivity index (χ3v) is 13.7. The van der Waals surface area contributed by atoms with E-state index in [0.717, 1.165) is 38.5 Å². The van der Waals surface area contributed by atoms with Gasteiger partial charge in [0.25, 0.3) is 11.5 Å². The standard InChI is InChI=1S/C55H63N9O8S/c1-34-11-16-41(61-50(67)38-9-8-10-39(25-38)55(6,7)31-56)27-45(34)60-40-17-18-44-43(26-40)52(69)63(32-58-44)20-22-72-24-23-71-21-19-47(66)62-49(54(3,4)5)53(70)64-30-42(65)28-46(64)51(68)57-29-36-12-14-37(15-13-36)48-35(2)59-33-73-48/h8-18,25-27,32-33,42,46,49,60,65H,19-24,28-30H2,1-7H3,(H,57,68)(H,61,67)(H,62,66). The molecule has 1 aliphatic rings. The molecule has 3 atom stereocenters. The van der Waals surface area contributed by atoms with E-state index in [4.69, 9.17) is 9.47 Å². The molecule has 382 valence electrons. The van der Waals surface area contributed by atoms with Crippen molar-refractivity contribution in [2.45, 2.75) is 98.0 Å². The highest BCUT2D eigenvalue weighted by atomic mass is 32.1. The van der Waals surface area contributed by atoms with Gasteiger partial charge in [0.2, 0.25) is 17.7 Å². The van der Waals surface area contributed by atoms with Crippen LogP contribution in [0, 0.1) is 30.6 Å². The van der Waals surface area contributed by atoms with Crippen LogP contribution in [0.4, 0.5) is 17.1 Å². The summed E-state index contributed by atoms with van der Waals surface area (Å²) < 4.78 is 12.9. The van der Waals surface area contributed by atoms with Gasteiger partial charge in [0.05, 0.1) is 83.9 Å². The number of hydrogen-bond acceptors (Lipinski definition) is 13. The van der Waals surface area contributed by atoms with Crippen LogP contribution in [0.3, 0.4) is 0 Å². The number of carbonyl (C=O) groups excluding carboxylic acids is 4. The lowest BCUT2D eigenvalue weighted by atomic mass is 9.85. The van der Waals surface area contributed by atoms with Gasteiger partial charge in [-0.25, -0.2) is 9.97 Å². The van der Waals surface area contributed by atoms with Crippen LogP contribution in [0.15, 0.2) is 102 Å². The number of likely N-dealkylation sites (tertiary alicyclic amines) is 1. The summed E-state index contributed by atoms with van der Waals surface area (Å²) in [7, 11) is 0. The number of aliphatic hydroxyl groups excluding tert-OH is 1. The third kappa shape index (κ3) is 13.6. The lowest BCUT2D eigenvalue weighted by Gasteiger charge is -2.35. The molecule has 2 aromatic heterocycles. The summed E-state index contributed by atoms with van der Waals surface area (Å²) in [6, 6.07) is 26.1. The number of β-amino-alcohol motifs (C(OH)–C–C–N with tert-alkyl or cyclic N) is 1. The van der Waals surface area contributed by atoms with E-state index in [1.807, 2.05) is 89.2 Å². The fourth-order valence-corrected chi connectivity index (χ4v) is 9.18. The normalized spacial score (nSPS) is 15.1. The molecular weight excluding hydrogens is 947 g/mol. The topological polar surface area (TPSA) is 230 Å². The van der Waals surface area contributed by atoms with E-state index in [0.29, 0.717) is 27.8 Å². The van der Waals surface area contributed by atoms with Crippen LogP contribution in [0.1, 0.15) is 80.2 Å². The van der Waals surface area contributed by atoms with Crippen molar-refractivity contribution in [1.82, 2.24) is 30.1 Å². The second kappa shape index (κ2) is 23.5. The molecule has 17 nitrogen and oxygen atoms in total. The van der Waals surface area contributed by atoms with Crippen molar-refractivity contribution in [2.24, 2.45) is 5.41 Å². The summed E-state index contributed by atoms with van der Waals surface area (Å²) in [4.78, 5) is 78.7. The number of rotatable bonds is 20. The first-order valence-corrected chi connectivity index (χ1v) is 25.1. The number of nitrogens with one attached hydrogen (secondary N) is 4. The minimum Gasteiger partial charge on any atom is -0.391 e. The summed E-state index contributed by atoms with van der Waals surface area (Å²) in [5.41, 5.74) is 7.56.